The molecule has 5 rings (SSSR count). The summed E-state index contributed by atoms with van der Waals surface area (Å²) in [5.41, 5.74) is 0.263. The highest BCUT2D eigenvalue weighted by Crippen LogP contribution is 2.49. The van der Waals surface area contributed by atoms with Crippen LogP contribution in [0.5, 0.6) is 0 Å². The number of benzene rings is 1. The van der Waals surface area contributed by atoms with Gasteiger partial charge in [0.2, 0.25) is 0 Å². The van der Waals surface area contributed by atoms with Gasteiger partial charge in [0, 0.05) is 31.5 Å². The van der Waals surface area contributed by atoms with Crippen LogP contribution in [-0.4, -0.2) is 76.6 Å². The summed E-state index contributed by atoms with van der Waals surface area (Å²) in [5.74, 6) is 0.0299. The summed E-state index contributed by atoms with van der Waals surface area (Å²) in [6.45, 7) is 5.00. The predicted molar refractivity (Wildman–Crippen MR) is 113 cm³/mol. The van der Waals surface area contributed by atoms with Gasteiger partial charge in [0.1, 0.15) is 0 Å². The molecular weight excluding hydrogens is 364 g/mol. The Morgan fingerprint density at radius 1 is 0.931 bits per heavy atom. The summed E-state index contributed by atoms with van der Waals surface area (Å²) < 4.78 is 6.13. The van der Waals surface area contributed by atoms with E-state index in [2.05, 4.69) is 21.9 Å². The molecule has 4 aliphatic rings. The lowest BCUT2D eigenvalue weighted by atomic mass is 9.78. The fourth-order valence-corrected chi connectivity index (χ4v) is 6.54. The molecule has 3 saturated heterocycles. The van der Waals surface area contributed by atoms with E-state index >= 15 is 0 Å². The fraction of sp³-hybridized carbons (Fsp3) is 0.750. The Hall–Kier alpha value is -0.980. The highest BCUT2D eigenvalue weighted by molar-refractivity contribution is 5.21. The second-order valence-corrected chi connectivity index (χ2v) is 9.74. The molecule has 1 aromatic rings. The summed E-state index contributed by atoms with van der Waals surface area (Å²) in [6, 6.07) is 10.8. The van der Waals surface area contributed by atoms with Crippen LogP contribution in [0, 0.1) is 5.92 Å². The van der Waals surface area contributed by atoms with E-state index in [1.54, 1.807) is 0 Å². The highest BCUT2D eigenvalue weighted by atomic mass is 16.5. The van der Waals surface area contributed by atoms with E-state index in [9.17, 15) is 10.2 Å². The molecule has 1 saturated carbocycles. The minimum atomic E-state index is -0.865. The molecule has 5 heteroatoms. The van der Waals surface area contributed by atoms with Gasteiger partial charge in [0.25, 0.3) is 0 Å². The molecule has 0 amide bonds. The number of fused-ring (bicyclic) bond motifs is 1. The summed E-state index contributed by atoms with van der Waals surface area (Å²) >= 11 is 0. The Labute approximate surface area is 174 Å². The summed E-state index contributed by atoms with van der Waals surface area (Å²) in [5, 5.41) is 22.8. The van der Waals surface area contributed by atoms with E-state index in [0.717, 1.165) is 31.5 Å². The number of piperidine rings is 2. The molecule has 0 spiro atoms. The third-order valence-electron chi connectivity index (χ3n) is 8.09. The lowest BCUT2D eigenvalue weighted by Gasteiger charge is -2.49. The number of rotatable bonds is 3. The minimum absolute atomic E-state index is 0.0299. The maximum Gasteiger partial charge on any atom is 0.0906 e. The Balaban J connectivity index is 1.28. The van der Waals surface area contributed by atoms with Crippen LogP contribution in [0.3, 0.4) is 0 Å². The zero-order valence-electron chi connectivity index (χ0n) is 17.5. The topological polar surface area (TPSA) is 56.2 Å². The molecule has 0 unspecified atom stereocenters. The maximum absolute atomic E-state index is 11.8. The van der Waals surface area contributed by atoms with E-state index in [-0.39, 0.29) is 18.1 Å². The summed E-state index contributed by atoms with van der Waals surface area (Å²) in [7, 11) is 0. The summed E-state index contributed by atoms with van der Waals surface area (Å²) in [6.07, 6.45) is 7.04. The SMILES string of the molecule is O[C@@H]1C[C@@H]2CO[C@@H](c3ccccc3)C[C@@]2(O)[C@H]1N1CCC(N2CCCCC2)CC1. The molecule has 1 aromatic carbocycles. The van der Waals surface area contributed by atoms with Crippen molar-refractivity contribution >= 4 is 0 Å². The first-order chi connectivity index (χ1) is 14.1. The first-order valence-electron chi connectivity index (χ1n) is 11.7. The van der Waals surface area contributed by atoms with Gasteiger partial charge in [0.15, 0.2) is 0 Å². The van der Waals surface area contributed by atoms with Gasteiger partial charge in [-0.15, -0.1) is 0 Å². The third kappa shape index (κ3) is 3.77. The Morgan fingerprint density at radius 2 is 1.66 bits per heavy atom. The van der Waals surface area contributed by atoms with Crippen LogP contribution in [0.2, 0.25) is 0 Å². The molecule has 5 nitrogen and oxygen atoms in total. The Bertz CT molecular complexity index is 672. The van der Waals surface area contributed by atoms with E-state index in [4.69, 9.17) is 4.74 Å². The average molecular weight is 401 g/mol. The molecule has 0 radical (unpaired) electrons. The van der Waals surface area contributed by atoms with Crippen LogP contribution in [0.1, 0.15) is 56.6 Å². The van der Waals surface area contributed by atoms with Gasteiger partial charge in [-0.1, -0.05) is 36.8 Å². The van der Waals surface area contributed by atoms with E-state index in [1.807, 2.05) is 18.2 Å². The van der Waals surface area contributed by atoms with Crippen molar-refractivity contribution in [2.75, 3.05) is 32.8 Å². The van der Waals surface area contributed by atoms with Crippen LogP contribution in [0.25, 0.3) is 0 Å². The number of hydrogen-bond acceptors (Lipinski definition) is 5. The van der Waals surface area contributed by atoms with E-state index < -0.39 is 11.7 Å². The van der Waals surface area contributed by atoms with Crippen molar-refractivity contribution in [1.82, 2.24) is 9.80 Å². The monoisotopic (exact) mass is 400 g/mol. The van der Waals surface area contributed by atoms with Crippen molar-refractivity contribution in [2.24, 2.45) is 5.92 Å². The molecule has 0 bridgehead atoms. The van der Waals surface area contributed by atoms with Gasteiger partial charge in [-0.3, -0.25) is 4.90 Å². The molecule has 160 valence electrons. The quantitative estimate of drug-likeness (QED) is 0.817. The smallest absolute Gasteiger partial charge is 0.0906 e. The lowest BCUT2D eigenvalue weighted by Crippen LogP contribution is -2.61. The minimum Gasteiger partial charge on any atom is -0.391 e. The molecule has 3 aliphatic heterocycles. The number of hydrogen-bond donors (Lipinski definition) is 2. The largest absolute Gasteiger partial charge is 0.391 e. The highest BCUT2D eigenvalue weighted by Gasteiger charge is 2.59. The number of nitrogens with zero attached hydrogens (tertiary/aromatic N) is 2. The predicted octanol–water partition coefficient (Wildman–Crippen LogP) is 2.58. The standard InChI is InChI=1S/C24H36N2O3/c27-21-15-19-17-29-22(18-7-3-1-4-8-18)16-24(19,28)23(21)26-13-9-20(10-14-26)25-11-5-2-6-12-25/h1,3-4,7-8,19-23,27-28H,2,5-6,9-17H2/t19-,21-,22-,23+,24+/m1/s1. The van der Waals surface area contributed by atoms with Gasteiger partial charge in [-0.2, -0.15) is 0 Å². The molecule has 0 aromatic heterocycles. The van der Waals surface area contributed by atoms with Gasteiger partial charge < -0.3 is 19.8 Å². The van der Waals surface area contributed by atoms with Crippen molar-refractivity contribution in [3.8, 4) is 0 Å². The fourth-order valence-electron chi connectivity index (χ4n) is 6.54. The second kappa shape index (κ2) is 8.27. The molecule has 29 heavy (non-hydrogen) atoms. The van der Waals surface area contributed by atoms with Crippen LogP contribution >= 0.6 is 0 Å². The number of aliphatic hydroxyl groups excluding tert-OH is 1. The number of likely N-dealkylation sites (tertiary alicyclic amines) is 2. The van der Waals surface area contributed by atoms with Gasteiger partial charge >= 0.3 is 0 Å². The van der Waals surface area contributed by atoms with Crippen LogP contribution in [0.4, 0.5) is 0 Å². The maximum atomic E-state index is 11.8. The zero-order valence-corrected chi connectivity index (χ0v) is 17.5. The molecular formula is C24H36N2O3. The summed E-state index contributed by atoms with van der Waals surface area (Å²) in [4.78, 5) is 5.09. The van der Waals surface area contributed by atoms with E-state index in [0.29, 0.717) is 25.5 Å². The Kier molecular flexibility index (Phi) is 5.69. The average Bonchev–Trinajstić information content (AvgIpc) is 3.04. The normalized spacial score (nSPS) is 40.1. The van der Waals surface area contributed by atoms with Crippen molar-refractivity contribution in [3.63, 3.8) is 0 Å². The van der Waals surface area contributed by atoms with Crippen molar-refractivity contribution in [1.29, 1.82) is 0 Å². The number of ether oxygens (including phenoxy) is 1. The zero-order chi connectivity index (χ0) is 19.8. The van der Waals surface area contributed by atoms with Crippen molar-refractivity contribution < 1.29 is 14.9 Å². The Morgan fingerprint density at radius 3 is 2.38 bits per heavy atom. The van der Waals surface area contributed by atoms with Crippen LogP contribution < -0.4 is 0 Å². The molecule has 1 aliphatic carbocycles. The third-order valence-corrected chi connectivity index (χ3v) is 8.09. The second-order valence-electron chi connectivity index (χ2n) is 9.74. The first-order valence-corrected chi connectivity index (χ1v) is 11.7. The lowest BCUT2D eigenvalue weighted by molar-refractivity contribution is -0.165. The van der Waals surface area contributed by atoms with Gasteiger partial charge in [-0.25, -0.2) is 0 Å². The van der Waals surface area contributed by atoms with Crippen LogP contribution in [-0.2, 0) is 4.74 Å². The molecule has 2 N–H and O–H groups in total. The number of aliphatic hydroxyl groups is 2. The van der Waals surface area contributed by atoms with Crippen LogP contribution in [0.15, 0.2) is 30.3 Å². The van der Waals surface area contributed by atoms with E-state index in [1.165, 1.54) is 32.4 Å². The molecule has 5 atom stereocenters. The first kappa shape index (κ1) is 20.0. The van der Waals surface area contributed by atoms with Crippen molar-refractivity contribution in [3.05, 3.63) is 35.9 Å². The van der Waals surface area contributed by atoms with Gasteiger partial charge in [-0.05, 0) is 50.8 Å². The molecule has 4 fully saturated rings. The van der Waals surface area contributed by atoms with Gasteiger partial charge in [0.05, 0.1) is 30.5 Å². The van der Waals surface area contributed by atoms with Crippen molar-refractivity contribution in [2.45, 2.75) is 74.8 Å². The molecule has 3 heterocycles.